The average Bonchev–Trinajstić information content (AvgIpc) is 2.84. The number of benzene rings is 1. The predicted molar refractivity (Wildman–Crippen MR) is 84.5 cm³/mol. The monoisotopic (exact) mass is 353 g/mol. The van der Waals surface area contributed by atoms with Crippen molar-refractivity contribution in [2.75, 3.05) is 6.54 Å². The van der Waals surface area contributed by atoms with Gasteiger partial charge in [0.1, 0.15) is 5.82 Å². The van der Waals surface area contributed by atoms with Crippen molar-refractivity contribution in [2.24, 2.45) is 5.92 Å². The van der Waals surface area contributed by atoms with Crippen molar-refractivity contribution in [1.82, 2.24) is 4.90 Å². The molecule has 0 spiro atoms. The second-order valence-corrected chi connectivity index (χ2v) is 7.16. The minimum Gasteiger partial charge on any atom is -0.339 e. The highest BCUT2D eigenvalue weighted by Crippen LogP contribution is 2.31. The van der Waals surface area contributed by atoms with Crippen LogP contribution in [0.1, 0.15) is 44.1 Å². The topological polar surface area (TPSA) is 20.3 Å². The fourth-order valence-electron chi connectivity index (χ4n) is 3.66. The zero-order chi connectivity index (χ0) is 14.8. The van der Waals surface area contributed by atoms with Crippen molar-refractivity contribution < 1.29 is 9.18 Å². The van der Waals surface area contributed by atoms with Crippen molar-refractivity contribution in [3.05, 3.63) is 34.1 Å². The number of hydrogen-bond donors (Lipinski definition) is 0. The van der Waals surface area contributed by atoms with E-state index >= 15 is 0 Å². The van der Waals surface area contributed by atoms with Gasteiger partial charge in [-0.05, 0) is 43.4 Å². The molecule has 4 heteroatoms. The Morgan fingerprint density at radius 2 is 1.95 bits per heavy atom. The third-order valence-electron chi connectivity index (χ3n) is 4.85. The van der Waals surface area contributed by atoms with Gasteiger partial charge in [0.25, 0.3) is 0 Å². The van der Waals surface area contributed by atoms with Crippen LogP contribution in [0, 0.1) is 11.7 Å². The summed E-state index contributed by atoms with van der Waals surface area (Å²) in [6, 6.07) is 5.55. The molecule has 1 saturated carbocycles. The molecule has 0 bridgehead atoms. The Hall–Kier alpha value is -0.900. The molecule has 2 nitrogen and oxygen atoms in total. The molecule has 1 aromatic carbocycles. The number of carbonyl (C=O) groups excluding carboxylic acids is 1. The zero-order valence-electron chi connectivity index (χ0n) is 12.2. The highest BCUT2D eigenvalue weighted by atomic mass is 79.9. The second-order valence-electron chi connectivity index (χ2n) is 6.25. The van der Waals surface area contributed by atoms with E-state index in [1.165, 1.54) is 25.3 Å². The molecule has 3 rings (SSSR count). The van der Waals surface area contributed by atoms with Crippen LogP contribution in [0.3, 0.4) is 0 Å². The summed E-state index contributed by atoms with van der Waals surface area (Å²) in [6.45, 7) is 0.853. The van der Waals surface area contributed by atoms with Crippen molar-refractivity contribution in [3.8, 4) is 0 Å². The van der Waals surface area contributed by atoms with E-state index in [0.717, 1.165) is 30.3 Å². The minimum absolute atomic E-state index is 0.0393. The summed E-state index contributed by atoms with van der Waals surface area (Å²) in [5, 5.41) is 0. The third kappa shape index (κ3) is 3.31. The van der Waals surface area contributed by atoms with Crippen LogP contribution in [0.25, 0.3) is 0 Å². The maximum absolute atomic E-state index is 13.9. The Balaban J connectivity index is 1.66. The summed E-state index contributed by atoms with van der Waals surface area (Å²) < 4.78 is 14.7. The summed E-state index contributed by atoms with van der Waals surface area (Å²) in [6.07, 6.45) is 7.45. The molecule has 21 heavy (non-hydrogen) atoms. The van der Waals surface area contributed by atoms with Crippen molar-refractivity contribution in [1.29, 1.82) is 0 Å². The van der Waals surface area contributed by atoms with Gasteiger partial charge in [0, 0.05) is 23.0 Å². The average molecular weight is 354 g/mol. The Labute approximate surface area is 133 Å². The van der Waals surface area contributed by atoms with Gasteiger partial charge in [-0.3, -0.25) is 4.79 Å². The Bertz CT molecular complexity index is 528. The molecule has 1 aliphatic heterocycles. The van der Waals surface area contributed by atoms with Crippen LogP contribution in [0.4, 0.5) is 4.39 Å². The third-order valence-corrected chi connectivity index (χ3v) is 5.34. The van der Waals surface area contributed by atoms with Gasteiger partial charge in [-0.25, -0.2) is 4.39 Å². The molecule has 0 aromatic heterocycles. The molecule has 0 N–H and O–H groups in total. The van der Waals surface area contributed by atoms with Gasteiger partial charge in [-0.2, -0.15) is 0 Å². The van der Waals surface area contributed by atoms with E-state index in [4.69, 9.17) is 0 Å². The van der Waals surface area contributed by atoms with Gasteiger partial charge in [0.2, 0.25) is 5.91 Å². The largest absolute Gasteiger partial charge is 0.339 e. The Morgan fingerprint density at radius 1 is 1.19 bits per heavy atom. The SMILES string of the molecule is O=C1C(Cc2ccc(Br)cc2F)CCN1C1CCCCC1. The molecule has 1 saturated heterocycles. The van der Waals surface area contributed by atoms with Gasteiger partial charge in [0.15, 0.2) is 0 Å². The maximum Gasteiger partial charge on any atom is 0.226 e. The van der Waals surface area contributed by atoms with Crippen molar-refractivity contribution >= 4 is 21.8 Å². The molecule has 1 atom stereocenters. The van der Waals surface area contributed by atoms with Gasteiger partial charge in [0.05, 0.1) is 0 Å². The van der Waals surface area contributed by atoms with Crippen LogP contribution in [-0.4, -0.2) is 23.4 Å². The summed E-state index contributed by atoms with van der Waals surface area (Å²) in [4.78, 5) is 14.7. The summed E-state index contributed by atoms with van der Waals surface area (Å²) in [5.41, 5.74) is 0.655. The quantitative estimate of drug-likeness (QED) is 0.792. The molecule has 2 aliphatic rings. The molecule has 1 aromatic rings. The molecular weight excluding hydrogens is 333 g/mol. The lowest BCUT2D eigenvalue weighted by atomic mass is 9.94. The van der Waals surface area contributed by atoms with E-state index in [0.29, 0.717) is 18.0 Å². The predicted octanol–water partition coefficient (Wildman–Crippen LogP) is 4.31. The van der Waals surface area contributed by atoms with E-state index < -0.39 is 0 Å². The van der Waals surface area contributed by atoms with Gasteiger partial charge >= 0.3 is 0 Å². The van der Waals surface area contributed by atoms with E-state index in [1.807, 2.05) is 6.07 Å². The van der Waals surface area contributed by atoms with Crippen LogP contribution in [0.15, 0.2) is 22.7 Å². The number of likely N-dealkylation sites (tertiary alicyclic amines) is 1. The Morgan fingerprint density at radius 3 is 2.67 bits per heavy atom. The first kappa shape index (κ1) is 15.0. The standard InChI is InChI=1S/C17H21BrFNO/c18-14-7-6-12(16(19)11-14)10-13-8-9-20(17(13)21)15-4-2-1-3-5-15/h6-7,11,13,15H,1-5,8-10H2. The van der Waals surface area contributed by atoms with E-state index in [9.17, 15) is 9.18 Å². The summed E-state index contributed by atoms with van der Waals surface area (Å²) >= 11 is 3.27. The minimum atomic E-state index is -0.215. The zero-order valence-corrected chi connectivity index (χ0v) is 13.7. The normalized spacial score (nSPS) is 23.8. The van der Waals surface area contributed by atoms with E-state index in [1.54, 1.807) is 6.07 Å². The first-order chi connectivity index (χ1) is 10.1. The molecule has 1 unspecified atom stereocenters. The number of halogens is 2. The molecular formula is C17H21BrFNO. The first-order valence-corrected chi connectivity index (χ1v) is 8.69. The number of amides is 1. The number of nitrogens with zero attached hydrogens (tertiary/aromatic N) is 1. The number of carbonyl (C=O) groups is 1. The summed E-state index contributed by atoms with van der Waals surface area (Å²) in [7, 11) is 0. The maximum atomic E-state index is 13.9. The second kappa shape index (κ2) is 6.47. The highest BCUT2D eigenvalue weighted by molar-refractivity contribution is 9.10. The summed E-state index contributed by atoms with van der Waals surface area (Å²) in [5.74, 6) is -0.0138. The van der Waals surface area contributed by atoms with E-state index in [-0.39, 0.29) is 17.6 Å². The van der Waals surface area contributed by atoms with Gasteiger partial charge in [-0.15, -0.1) is 0 Å². The molecule has 114 valence electrons. The van der Waals surface area contributed by atoms with Crippen molar-refractivity contribution in [3.63, 3.8) is 0 Å². The van der Waals surface area contributed by atoms with Crippen LogP contribution in [-0.2, 0) is 11.2 Å². The molecule has 1 amide bonds. The molecule has 1 aliphatic carbocycles. The molecule has 1 heterocycles. The first-order valence-electron chi connectivity index (χ1n) is 7.89. The molecule has 0 radical (unpaired) electrons. The lowest BCUT2D eigenvalue weighted by molar-refractivity contribution is -0.133. The van der Waals surface area contributed by atoms with Crippen LogP contribution >= 0.6 is 15.9 Å². The number of hydrogen-bond acceptors (Lipinski definition) is 1. The fourth-order valence-corrected chi connectivity index (χ4v) is 3.99. The highest BCUT2D eigenvalue weighted by Gasteiger charge is 2.36. The van der Waals surface area contributed by atoms with Crippen LogP contribution < -0.4 is 0 Å². The van der Waals surface area contributed by atoms with Crippen molar-refractivity contribution in [2.45, 2.75) is 51.0 Å². The van der Waals surface area contributed by atoms with Gasteiger partial charge in [-0.1, -0.05) is 41.3 Å². The fraction of sp³-hybridized carbons (Fsp3) is 0.588. The van der Waals surface area contributed by atoms with Crippen LogP contribution in [0.5, 0.6) is 0 Å². The van der Waals surface area contributed by atoms with E-state index in [2.05, 4.69) is 20.8 Å². The van der Waals surface area contributed by atoms with Gasteiger partial charge < -0.3 is 4.90 Å². The lowest BCUT2D eigenvalue weighted by Crippen LogP contribution is -2.39. The number of rotatable bonds is 3. The Kier molecular flexibility index (Phi) is 4.63. The lowest BCUT2D eigenvalue weighted by Gasteiger charge is -2.31. The molecule has 2 fully saturated rings. The smallest absolute Gasteiger partial charge is 0.226 e. The van der Waals surface area contributed by atoms with Crippen LogP contribution in [0.2, 0.25) is 0 Å².